The zero-order chi connectivity index (χ0) is 12.0. The maximum Gasteiger partial charge on any atom is 0.268 e. The van der Waals surface area contributed by atoms with Gasteiger partial charge in [0.25, 0.3) is 5.91 Å². The van der Waals surface area contributed by atoms with Crippen LogP contribution < -0.4 is 11.3 Å². The molecule has 6 heteroatoms. The Morgan fingerprint density at radius 1 is 1.56 bits per heavy atom. The monoisotopic (exact) mass is 228 g/mol. The van der Waals surface area contributed by atoms with Gasteiger partial charge in [-0.15, -0.1) is 0 Å². The van der Waals surface area contributed by atoms with Crippen LogP contribution in [0, 0.1) is 6.92 Å². The third-order valence-corrected chi connectivity index (χ3v) is 2.02. The number of nitrogens with two attached hydrogens (primary N) is 1. The van der Waals surface area contributed by atoms with Crippen LogP contribution in [0.5, 0.6) is 0 Å². The normalized spacial score (nSPS) is 10.4. The molecule has 1 heterocycles. The number of carbonyl (C=O) groups is 1. The number of carbonyl (C=O) groups excluding carboxylic acids is 1. The van der Waals surface area contributed by atoms with Crippen molar-refractivity contribution in [1.82, 2.24) is 5.43 Å². The fourth-order valence-electron chi connectivity index (χ4n) is 1.23. The molecule has 0 aromatic carbocycles. The van der Waals surface area contributed by atoms with Crippen molar-refractivity contribution in [3.63, 3.8) is 0 Å². The van der Waals surface area contributed by atoms with Gasteiger partial charge in [0, 0.05) is 7.11 Å². The van der Waals surface area contributed by atoms with E-state index in [0.29, 0.717) is 36.9 Å². The van der Waals surface area contributed by atoms with Crippen molar-refractivity contribution in [1.29, 1.82) is 0 Å². The van der Waals surface area contributed by atoms with Crippen LogP contribution in [0.2, 0.25) is 0 Å². The van der Waals surface area contributed by atoms with Crippen molar-refractivity contribution in [2.24, 2.45) is 5.84 Å². The lowest BCUT2D eigenvalue weighted by atomic mass is 10.2. The second kappa shape index (κ2) is 6.26. The molecule has 1 rings (SSSR count). The highest BCUT2D eigenvalue weighted by atomic mass is 16.5. The summed E-state index contributed by atoms with van der Waals surface area (Å²) in [6.45, 7) is 3.01. The van der Waals surface area contributed by atoms with E-state index in [9.17, 15) is 4.79 Å². The Hall–Kier alpha value is -1.37. The smallest absolute Gasteiger partial charge is 0.268 e. The van der Waals surface area contributed by atoms with Gasteiger partial charge in [0.2, 0.25) is 0 Å². The zero-order valence-electron chi connectivity index (χ0n) is 9.41. The minimum atomic E-state index is -0.371. The molecule has 0 aliphatic carbocycles. The minimum Gasteiger partial charge on any atom is -0.463 e. The average Bonchev–Trinajstić information content (AvgIpc) is 2.65. The molecule has 0 spiro atoms. The summed E-state index contributed by atoms with van der Waals surface area (Å²) in [7, 11) is 1.60. The maximum atomic E-state index is 11.3. The van der Waals surface area contributed by atoms with E-state index < -0.39 is 0 Å². The minimum absolute atomic E-state index is 0.308. The van der Waals surface area contributed by atoms with Crippen LogP contribution in [0.4, 0.5) is 0 Å². The first-order valence-corrected chi connectivity index (χ1v) is 4.86. The van der Waals surface area contributed by atoms with Crippen LogP contribution in [0.1, 0.15) is 21.9 Å². The van der Waals surface area contributed by atoms with Gasteiger partial charge in [-0.05, 0) is 13.0 Å². The molecule has 0 fully saturated rings. The Kier molecular flexibility index (Phi) is 4.97. The number of hydrazine groups is 1. The molecule has 0 aliphatic rings. The quantitative estimate of drug-likeness (QED) is 0.317. The van der Waals surface area contributed by atoms with Crippen LogP contribution in [0.25, 0.3) is 0 Å². The molecule has 0 aliphatic heterocycles. The molecule has 90 valence electrons. The van der Waals surface area contributed by atoms with E-state index in [1.54, 1.807) is 20.1 Å². The van der Waals surface area contributed by atoms with E-state index in [0.717, 1.165) is 0 Å². The number of aryl methyl sites for hydroxylation is 1. The van der Waals surface area contributed by atoms with Gasteiger partial charge < -0.3 is 13.9 Å². The number of nitrogen functional groups attached to an aromatic ring is 1. The fraction of sp³-hybridized carbons (Fsp3) is 0.500. The number of nitrogens with one attached hydrogen (secondary N) is 1. The lowest BCUT2D eigenvalue weighted by molar-refractivity contribution is 0.0535. The molecule has 3 N–H and O–H groups in total. The average molecular weight is 228 g/mol. The standard InChI is InChI=1S/C10H16N2O4/c1-7-9(10(13)12-11)5-8(16-7)6-15-4-3-14-2/h5H,3-4,6,11H2,1-2H3,(H,12,13). The summed E-state index contributed by atoms with van der Waals surface area (Å²) in [5.41, 5.74) is 2.48. The molecule has 0 saturated carbocycles. The molecule has 0 saturated heterocycles. The number of furan rings is 1. The summed E-state index contributed by atoms with van der Waals surface area (Å²) in [5, 5.41) is 0. The molecule has 0 bridgehead atoms. The second-order valence-electron chi connectivity index (χ2n) is 3.20. The number of hydrogen-bond donors (Lipinski definition) is 2. The predicted molar refractivity (Wildman–Crippen MR) is 56.6 cm³/mol. The molecular weight excluding hydrogens is 212 g/mol. The van der Waals surface area contributed by atoms with Crippen molar-refractivity contribution < 1.29 is 18.7 Å². The molecule has 0 atom stereocenters. The Morgan fingerprint density at radius 2 is 2.31 bits per heavy atom. The highest BCUT2D eigenvalue weighted by Crippen LogP contribution is 2.15. The third kappa shape index (κ3) is 3.34. The van der Waals surface area contributed by atoms with E-state index in [4.69, 9.17) is 19.7 Å². The fourth-order valence-corrected chi connectivity index (χ4v) is 1.23. The SMILES string of the molecule is COCCOCc1cc(C(=O)NN)c(C)o1. The van der Waals surface area contributed by atoms with Crippen molar-refractivity contribution in [2.45, 2.75) is 13.5 Å². The van der Waals surface area contributed by atoms with E-state index >= 15 is 0 Å². The van der Waals surface area contributed by atoms with Gasteiger partial charge in [0.1, 0.15) is 18.1 Å². The predicted octanol–water partition coefficient (Wildman–Crippen LogP) is 0.355. The van der Waals surface area contributed by atoms with Gasteiger partial charge in [0.15, 0.2) is 0 Å². The van der Waals surface area contributed by atoms with E-state index in [-0.39, 0.29) is 5.91 Å². The molecule has 0 unspecified atom stereocenters. The Labute approximate surface area is 93.7 Å². The maximum absolute atomic E-state index is 11.3. The Balaban J connectivity index is 2.52. The number of amides is 1. The number of ether oxygens (including phenoxy) is 2. The van der Waals surface area contributed by atoms with Crippen LogP contribution in [0.15, 0.2) is 10.5 Å². The molecule has 1 amide bonds. The second-order valence-corrected chi connectivity index (χ2v) is 3.20. The molecule has 16 heavy (non-hydrogen) atoms. The van der Waals surface area contributed by atoms with Gasteiger partial charge in [0.05, 0.1) is 18.8 Å². The van der Waals surface area contributed by atoms with E-state index in [2.05, 4.69) is 5.43 Å². The van der Waals surface area contributed by atoms with Crippen molar-refractivity contribution in [3.8, 4) is 0 Å². The van der Waals surface area contributed by atoms with Crippen LogP contribution in [-0.4, -0.2) is 26.2 Å². The van der Waals surface area contributed by atoms with Gasteiger partial charge >= 0.3 is 0 Å². The summed E-state index contributed by atoms with van der Waals surface area (Å²) >= 11 is 0. The Bertz CT molecular complexity index is 349. The summed E-state index contributed by atoms with van der Waals surface area (Å²) in [5.74, 6) is 5.77. The molecule has 0 radical (unpaired) electrons. The van der Waals surface area contributed by atoms with Gasteiger partial charge in [-0.3, -0.25) is 10.2 Å². The first kappa shape index (κ1) is 12.7. The van der Waals surface area contributed by atoms with Gasteiger partial charge in [-0.1, -0.05) is 0 Å². The first-order valence-electron chi connectivity index (χ1n) is 4.86. The van der Waals surface area contributed by atoms with Gasteiger partial charge in [-0.2, -0.15) is 0 Å². The van der Waals surface area contributed by atoms with E-state index in [1.165, 1.54) is 0 Å². The molecule has 1 aromatic rings. The molecule has 1 aromatic heterocycles. The largest absolute Gasteiger partial charge is 0.463 e. The number of hydrogen-bond acceptors (Lipinski definition) is 5. The highest BCUT2D eigenvalue weighted by molar-refractivity contribution is 5.94. The van der Waals surface area contributed by atoms with E-state index in [1.807, 2.05) is 0 Å². The third-order valence-electron chi connectivity index (χ3n) is 2.02. The topological polar surface area (TPSA) is 86.7 Å². The molecule has 6 nitrogen and oxygen atoms in total. The summed E-state index contributed by atoms with van der Waals surface area (Å²) in [6, 6.07) is 1.62. The summed E-state index contributed by atoms with van der Waals surface area (Å²) in [6.07, 6.45) is 0. The summed E-state index contributed by atoms with van der Waals surface area (Å²) < 4.78 is 15.4. The molecular formula is C10H16N2O4. The number of methoxy groups -OCH3 is 1. The zero-order valence-corrected chi connectivity index (χ0v) is 9.41. The van der Waals surface area contributed by atoms with Crippen LogP contribution in [0.3, 0.4) is 0 Å². The van der Waals surface area contributed by atoms with Crippen molar-refractivity contribution >= 4 is 5.91 Å². The van der Waals surface area contributed by atoms with Crippen molar-refractivity contribution in [3.05, 3.63) is 23.2 Å². The van der Waals surface area contributed by atoms with Gasteiger partial charge in [-0.25, -0.2) is 5.84 Å². The first-order chi connectivity index (χ1) is 7.69. The Morgan fingerprint density at radius 3 is 2.94 bits per heavy atom. The van der Waals surface area contributed by atoms with Crippen LogP contribution in [-0.2, 0) is 16.1 Å². The lowest BCUT2D eigenvalue weighted by Crippen LogP contribution is -2.30. The van der Waals surface area contributed by atoms with Crippen molar-refractivity contribution in [2.75, 3.05) is 20.3 Å². The summed E-state index contributed by atoms with van der Waals surface area (Å²) in [4.78, 5) is 11.3. The van der Waals surface area contributed by atoms with Crippen LogP contribution >= 0.6 is 0 Å². The number of rotatable bonds is 6. The lowest BCUT2D eigenvalue weighted by Gasteiger charge is -1.99. The highest BCUT2D eigenvalue weighted by Gasteiger charge is 2.13.